The fraction of sp³-hybridized carbons (Fsp3) is 0.615. The molecule has 1 heteroatoms. The second-order valence-electron chi connectivity index (χ2n) is 4.65. The third-order valence-corrected chi connectivity index (χ3v) is 2.32. The highest BCUT2D eigenvalue weighted by Crippen LogP contribution is 2.32. The van der Waals surface area contributed by atoms with Crippen molar-refractivity contribution >= 4 is 5.78 Å². The van der Waals surface area contributed by atoms with Crippen LogP contribution in [0.2, 0.25) is 0 Å². The van der Waals surface area contributed by atoms with Gasteiger partial charge in [0, 0.05) is 0 Å². The summed E-state index contributed by atoms with van der Waals surface area (Å²) in [6.07, 6.45) is 7.76. The van der Waals surface area contributed by atoms with Crippen molar-refractivity contribution in [3.8, 4) is 0 Å². The average Bonchev–Trinajstić information content (AvgIpc) is 2.02. The van der Waals surface area contributed by atoms with Gasteiger partial charge in [0.25, 0.3) is 0 Å². The minimum Gasteiger partial charge on any atom is -0.295 e. The minimum absolute atomic E-state index is 0.0185. The van der Waals surface area contributed by atoms with Crippen LogP contribution in [0.1, 0.15) is 47.0 Å². The van der Waals surface area contributed by atoms with Crippen molar-refractivity contribution in [1.82, 2.24) is 0 Å². The Hall–Kier alpha value is -0.850. The molecule has 0 aromatic heterocycles. The van der Waals surface area contributed by atoms with E-state index >= 15 is 0 Å². The largest absolute Gasteiger partial charge is 0.295 e. The van der Waals surface area contributed by atoms with Crippen molar-refractivity contribution in [3.63, 3.8) is 0 Å². The highest BCUT2D eigenvalue weighted by molar-refractivity contribution is 5.86. The summed E-state index contributed by atoms with van der Waals surface area (Å²) in [5.41, 5.74) is 2.06. The van der Waals surface area contributed by atoms with E-state index in [9.17, 15) is 4.79 Å². The first kappa shape index (κ1) is 13.2. The quantitative estimate of drug-likeness (QED) is 0.457. The lowest BCUT2D eigenvalue weighted by molar-refractivity contribution is -0.112. The smallest absolute Gasteiger partial charge is 0.152 e. The molecule has 0 bridgehead atoms. The molecule has 0 saturated heterocycles. The van der Waals surface area contributed by atoms with Gasteiger partial charge in [-0.25, -0.2) is 0 Å². The molecule has 1 aliphatic carbocycles. The number of carbonyl (C=O) groups excluding carboxylic acids is 1. The van der Waals surface area contributed by atoms with Crippen LogP contribution >= 0.6 is 0 Å². The van der Waals surface area contributed by atoms with Gasteiger partial charge in [-0.05, 0) is 44.6 Å². The molecule has 0 N–H and O–H groups in total. The maximum Gasteiger partial charge on any atom is 0.152 e. The Balaban J connectivity index is 0.000000292. The summed E-state index contributed by atoms with van der Waals surface area (Å²) >= 11 is 0. The zero-order valence-corrected chi connectivity index (χ0v) is 9.89. The molecule has 80 valence electrons. The second kappa shape index (κ2) is 5.79. The Morgan fingerprint density at radius 3 is 2.29 bits per heavy atom. The Labute approximate surface area is 87.9 Å². The van der Waals surface area contributed by atoms with Crippen molar-refractivity contribution in [2.75, 3.05) is 0 Å². The van der Waals surface area contributed by atoms with E-state index in [1.165, 1.54) is 32.3 Å². The molecular formula is C13H22O. The van der Waals surface area contributed by atoms with Gasteiger partial charge in [-0.15, -0.1) is 0 Å². The van der Waals surface area contributed by atoms with Crippen LogP contribution in [0.3, 0.4) is 0 Å². The van der Waals surface area contributed by atoms with E-state index in [1.54, 1.807) is 5.57 Å². The standard InChI is InChI=1S/C9H16.C4H6O/c1-8-5-4-6-9(2,3)7-8;1-3-4(2)5/h7H,4-6H2,1-3H3;3H,1H2,2H3. The number of carbonyl (C=O) groups is 1. The van der Waals surface area contributed by atoms with Gasteiger partial charge in [-0.1, -0.05) is 32.1 Å². The molecule has 0 heterocycles. The third kappa shape index (κ3) is 6.64. The fourth-order valence-electron chi connectivity index (χ4n) is 1.63. The molecule has 0 fully saturated rings. The van der Waals surface area contributed by atoms with Crippen LogP contribution in [0, 0.1) is 5.41 Å². The molecule has 0 saturated carbocycles. The van der Waals surface area contributed by atoms with E-state index in [2.05, 4.69) is 33.4 Å². The Bertz CT molecular complexity index is 234. The summed E-state index contributed by atoms with van der Waals surface area (Å²) in [5.74, 6) is 0.0185. The fourth-order valence-corrected chi connectivity index (χ4v) is 1.63. The Kier molecular flexibility index (Phi) is 5.44. The summed E-state index contributed by atoms with van der Waals surface area (Å²) in [6.45, 7) is 11.5. The molecular weight excluding hydrogens is 172 g/mol. The molecule has 0 aromatic rings. The van der Waals surface area contributed by atoms with Gasteiger partial charge in [-0.3, -0.25) is 4.79 Å². The molecule has 0 aromatic carbocycles. The summed E-state index contributed by atoms with van der Waals surface area (Å²) in [5, 5.41) is 0. The number of hydrogen-bond donors (Lipinski definition) is 0. The molecule has 1 rings (SSSR count). The van der Waals surface area contributed by atoms with E-state index in [4.69, 9.17) is 0 Å². The monoisotopic (exact) mass is 194 g/mol. The van der Waals surface area contributed by atoms with Crippen molar-refractivity contribution in [3.05, 3.63) is 24.3 Å². The lowest BCUT2D eigenvalue weighted by atomic mass is 9.80. The topological polar surface area (TPSA) is 17.1 Å². The molecule has 0 unspecified atom stereocenters. The highest BCUT2D eigenvalue weighted by atomic mass is 16.1. The number of allylic oxidation sites excluding steroid dienone is 3. The average molecular weight is 194 g/mol. The van der Waals surface area contributed by atoms with Gasteiger partial charge in [0.2, 0.25) is 0 Å². The van der Waals surface area contributed by atoms with Gasteiger partial charge in [0.15, 0.2) is 5.78 Å². The van der Waals surface area contributed by atoms with Crippen molar-refractivity contribution in [1.29, 1.82) is 0 Å². The maximum atomic E-state index is 9.69. The normalized spacial score (nSPS) is 18.7. The number of hydrogen-bond acceptors (Lipinski definition) is 1. The number of rotatable bonds is 1. The van der Waals surface area contributed by atoms with Crippen LogP contribution < -0.4 is 0 Å². The van der Waals surface area contributed by atoms with Crippen LogP contribution in [0.15, 0.2) is 24.3 Å². The van der Waals surface area contributed by atoms with E-state index in [0.29, 0.717) is 5.41 Å². The first-order valence-electron chi connectivity index (χ1n) is 5.19. The van der Waals surface area contributed by atoms with Gasteiger partial charge in [0.05, 0.1) is 0 Å². The van der Waals surface area contributed by atoms with Crippen molar-refractivity contribution in [2.24, 2.45) is 5.41 Å². The lowest BCUT2D eigenvalue weighted by Gasteiger charge is -2.25. The van der Waals surface area contributed by atoms with Crippen LogP contribution in [0.5, 0.6) is 0 Å². The van der Waals surface area contributed by atoms with Gasteiger partial charge < -0.3 is 0 Å². The molecule has 14 heavy (non-hydrogen) atoms. The Morgan fingerprint density at radius 1 is 1.57 bits per heavy atom. The van der Waals surface area contributed by atoms with Gasteiger partial charge in [-0.2, -0.15) is 0 Å². The van der Waals surface area contributed by atoms with E-state index in [1.807, 2.05) is 0 Å². The summed E-state index contributed by atoms with van der Waals surface area (Å²) in [4.78, 5) is 9.69. The molecule has 1 nitrogen and oxygen atoms in total. The van der Waals surface area contributed by atoms with Gasteiger partial charge in [0.1, 0.15) is 0 Å². The van der Waals surface area contributed by atoms with Crippen LogP contribution in [0.25, 0.3) is 0 Å². The molecule has 0 amide bonds. The third-order valence-electron chi connectivity index (χ3n) is 2.32. The van der Waals surface area contributed by atoms with Crippen LogP contribution in [-0.4, -0.2) is 5.78 Å². The molecule has 0 atom stereocenters. The summed E-state index contributed by atoms with van der Waals surface area (Å²) < 4.78 is 0. The molecule has 0 aliphatic heterocycles. The van der Waals surface area contributed by atoms with Crippen molar-refractivity contribution < 1.29 is 4.79 Å². The SMILES string of the molecule is C=CC(C)=O.CC1=CC(C)(C)CCC1. The highest BCUT2D eigenvalue weighted by Gasteiger charge is 2.17. The Morgan fingerprint density at radius 2 is 2.07 bits per heavy atom. The van der Waals surface area contributed by atoms with E-state index in [-0.39, 0.29) is 5.78 Å². The predicted molar refractivity (Wildman–Crippen MR) is 62.3 cm³/mol. The maximum absolute atomic E-state index is 9.69. The molecule has 0 spiro atoms. The zero-order valence-electron chi connectivity index (χ0n) is 9.89. The summed E-state index contributed by atoms with van der Waals surface area (Å²) in [6, 6.07) is 0. The van der Waals surface area contributed by atoms with E-state index < -0.39 is 0 Å². The molecule has 1 aliphatic rings. The molecule has 0 radical (unpaired) electrons. The second-order valence-corrected chi connectivity index (χ2v) is 4.65. The predicted octanol–water partition coefficient (Wildman–Crippen LogP) is 3.90. The van der Waals surface area contributed by atoms with Crippen molar-refractivity contribution in [2.45, 2.75) is 47.0 Å². The van der Waals surface area contributed by atoms with Crippen LogP contribution in [0.4, 0.5) is 0 Å². The number of ketones is 1. The first-order chi connectivity index (χ1) is 6.37. The van der Waals surface area contributed by atoms with E-state index in [0.717, 1.165) is 0 Å². The lowest BCUT2D eigenvalue weighted by Crippen LogP contribution is -2.11. The minimum atomic E-state index is 0.0185. The summed E-state index contributed by atoms with van der Waals surface area (Å²) in [7, 11) is 0. The van der Waals surface area contributed by atoms with Gasteiger partial charge >= 0.3 is 0 Å². The first-order valence-corrected chi connectivity index (χ1v) is 5.19. The van der Waals surface area contributed by atoms with Crippen LogP contribution in [-0.2, 0) is 4.79 Å². The zero-order chi connectivity index (χ0) is 11.2.